The monoisotopic (exact) mass is 291 g/mol. The highest BCUT2D eigenvalue weighted by molar-refractivity contribution is 7.89. The predicted molar refractivity (Wildman–Crippen MR) is 78.3 cm³/mol. The molecule has 5 heteroatoms. The maximum absolute atomic E-state index is 11.2. The Bertz CT molecular complexity index is 354. The van der Waals surface area contributed by atoms with Crippen molar-refractivity contribution in [1.29, 1.82) is 0 Å². The Morgan fingerprint density at radius 3 is 2.53 bits per heavy atom. The van der Waals surface area contributed by atoms with Crippen LogP contribution in [-0.4, -0.2) is 26.9 Å². The van der Waals surface area contributed by atoms with Crippen LogP contribution >= 0.6 is 0 Å². The number of nitrogens with two attached hydrogens (primary N) is 1. The minimum absolute atomic E-state index is 0.00277. The lowest BCUT2D eigenvalue weighted by Gasteiger charge is -2.30. The zero-order chi connectivity index (χ0) is 14.5. The molecule has 1 aliphatic carbocycles. The molecule has 3 unspecified atom stereocenters. The summed E-state index contributed by atoms with van der Waals surface area (Å²) in [5, 5.41) is 5.14. The van der Waals surface area contributed by atoms with Gasteiger partial charge in [0.05, 0.1) is 18.5 Å². The van der Waals surface area contributed by atoms with Crippen molar-refractivity contribution in [3.63, 3.8) is 0 Å². The lowest BCUT2D eigenvalue weighted by atomic mass is 9.85. The van der Waals surface area contributed by atoms with Gasteiger partial charge in [0, 0.05) is 0 Å². The summed E-state index contributed by atoms with van der Waals surface area (Å²) in [6, 6.07) is 0. The van der Waals surface area contributed by atoms with Gasteiger partial charge in [0.2, 0.25) is 10.0 Å². The first-order valence-electron chi connectivity index (χ1n) is 7.43. The zero-order valence-corrected chi connectivity index (χ0v) is 13.3. The Labute approximate surface area is 118 Å². The average molecular weight is 291 g/mol. The number of hydrogen-bond donors (Lipinski definition) is 1. The van der Waals surface area contributed by atoms with E-state index < -0.39 is 10.0 Å². The van der Waals surface area contributed by atoms with E-state index >= 15 is 0 Å². The third-order valence-corrected chi connectivity index (χ3v) is 5.14. The minimum Gasteiger partial charge on any atom is -0.378 e. The van der Waals surface area contributed by atoms with Crippen molar-refractivity contribution in [3.05, 3.63) is 0 Å². The van der Waals surface area contributed by atoms with Crippen LogP contribution in [0.25, 0.3) is 0 Å². The molecule has 1 saturated carbocycles. The predicted octanol–water partition coefficient (Wildman–Crippen LogP) is 2.53. The lowest BCUT2D eigenvalue weighted by molar-refractivity contribution is -0.00920. The molecule has 0 aliphatic heterocycles. The molecule has 4 nitrogen and oxygen atoms in total. The van der Waals surface area contributed by atoms with Crippen molar-refractivity contribution in [2.24, 2.45) is 22.9 Å². The molecule has 0 aromatic carbocycles. The fraction of sp³-hybridized carbons (Fsp3) is 1.00. The maximum Gasteiger partial charge on any atom is 0.209 e. The quantitative estimate of drug-likeness (QED) is 0.783. The van der Waals surface area contributed by atoms with Crippen LogP contribution in [-0.2, 0) is 14.8 Å². The fourth-order valence-electron chi connectivity index (χ4n) is 2.75. The second-order valence-corrected chi connectivity index (χ2v) is 7.89. The molecule has 0 spiro atoms. The van der Waals surface area contributed by atoms with Crippen molar-refractivity contribution in [2.45, 2.75) is 59.0 Å². The molecule has 0 saturated heterocycles. The smallest absolute Gasteiger partial charge is 0.209 e. The minimum atomic E-state index is -3.42. The number of primary sulfonamides is 1. The molecule has 1 rings (SSSR count). The van der Waals surface area contributed by atoms with Gasteiger partial charge in [-0.1, -0.05) is 40.0 Å². The molecule has 0 amide bonds. The molecule has 2 N–H and O–H groups in total. The second-order valence-electron chi connectivity index (χ2n) is 6.23. The number of hydrogen-bond acceptors (Lipinski definition) is 3. The summed E-state index contributed by atoms with van der Waals surface area (Å²) in [6.07, 6.45) is 6.28. The first-order valence-corrected chi connectivity index (χ1v) is 9.15. The summed E-state index contributed by atoms with van der Waals surface area (Å²) in [6.45, 7) is 6.78. The van der Waals surface area contributed by atoms with Gasteiger partial charge in [0.1, 0.15) is 0 Å². The molecular formula is C14H29NO3S. The number of sulfonamides is 1. The largest absolute Gasteiger partial charge is 0.378 e. The van der Waals surface area contributed by atoms with Crippen molar-refractivity contribution < 1.29 is 13.2 Å². The third-order valence-electron chi connectivity index (χ3n) is 4.25. The van der Waals surface area contributed by atoms with Gasteiger partial charge in [-0.05, 0) is 30.6 Å². The molecule has 0 heterocycles. The van der Waals surface area contributed by atoms with E-state index in [2.05, 4.69) is 6.92 Å². The van der Waals surface area contributed by atoms with Gasteiger partial charge in [-0.15, -0.1) is 0 Å². The van der Waals surface area contributed by atoms with Crippen molar-refractivity contribution in [3.8, 4) is 0 Å². The molecule has 114 valence electrons. The van der Waals surface area contributed by atoms with Gasteiger partial charge in [-0.2, -0.15) is 0 Å². The van der Waals surface area contributed by atoms with E-state index in [1.165, 1.54) is 19.3 Å². The van der Waals surface area contributed by atoms with Crippen molar-refractivity contribution in [2.75, 3.05) is 12.4 Å². The first kappa shape index (κ1) is 16.9. The topological polar surface area (TPSA) is 69.4 Å². The van der Waals surface area contributed by atoms with E-state index in [0.29, 0.717) is 12.7 Å². The van der Waals surface area contributed by atoms with Gasteiger partial charge in [0.25, 0.3) is 0 Å². The van der Waals surface area contributed by atoms with Crippen LogP contribution in [0, 0.1) is 17.8 Å². The standard InChI is InChI=1S/C14H29NO3S/c1-4-12-6-5-7-14(8-12)18-9-13(11(2)3)10-19(15,16)17/h11-14H,4-10H2,1-3H3,(H2,15,16,17). The third kappa shape index (κ3) is 6.72. The Morgan fingerprint density at radius 1 is 1.32 bits per heavy atom. The Kier molecular flexibility index (Phi) is 6.77. The van der Waals surface area contributed by atoms with E-state index in [1.807, 2.05) is 13.8 Å². The summed E-state index contributed by atoms with van der Waals surface area (Å²) in [5.74, 6) is 1.06. The lowest BCUT2D eigenvalue weighted by Crippen LogP contribution is -2.32. The van der Waals surface area contributed by atoms with Gasteiger partial charge >= 0.3 is 0 Å². The first-order chi connectivity index (χ1) is 8.81. The highest BCUT2D eigenvalue weighted by atomic mass is 32.2. The van der Waals surface area contributed by atoms with E-state index in [9.17, 15) is 8.42 Å². The SMILES string of the molecule is CCC1CCCC(OCC(CS(N)(=O)=O)C(C)C)C1. The Morgan fingerprint density at radius 2 is 2.00 bits per heavy atom. The Hall–Kier alpha value is -0.130. The highest BCUT2D eigenvalue weighted by Gasteiger charge is 2.25. The fourth-order valence-corrected chi connectivity index (χ4v) is 3.83. The molecule has 19 heavy (non-hydrogen) atoms. The Balaban J connectivity index is 2.43. The van der Waals surface area contributed by atoms with Crippen LogP contribution in [0.5, 0.6) is 0 Å². The summed E-state index contributed by atoms with van der Waals surface area (Å²) in [7, 11) is -3.42. The van der Waals surface area contributed by atoms with Gasteiger partial charge in [0.15, 0.2) is 0 Å². The highest BCUT2D eigenvalue weighted by Crippen LogP contribution is 2.29. The second kappa shape index (κ2) is 7.60. The van der Waals surface area contributed by atoms with Crippen LogP contribution in [0.1, 0.15) is 52.9 Å². The van der Waals surface area contributed by atoms with Gasteiger partial charge in [-0.25, -0.2) is 13.6 Å². The van der Waals surface area contributed by atoms with E-state index in [4.69, 9.17) is 9.88 Å². The average Bonchev–Trinajstić information content (AvgIpc) is 2.33. The molecular weight excluding hydrogens is 262 g/mol. The van der Waals surface area contributed by atoms with Crippen LogP contribution in [0.4, 0.5) is 0 Å². The summed E-state index contributed by atoms with van der Waals surface area (Å²) < 4.78 is 28.4. The molecule has 1 fully saturated rings. The number of rotatable bonds is 7. The summed E-state index contributed by atoms with van der Waals surface area (Å²) >= 11 is 0. The molecule has 3 atom stereocenters. The number of ether oxygens (including phenoxy) is 1. The summed E-state index contributed by atoms with van der Waals surface area (Å²) in [5.41, 5.74) is 0. The normalized spacial score (nSPS) is 26.6. The van der Waals surface area contributed by atoms with Crippen molar-refractivity contribution >= 4 is 10.0 Å². The molecule has 0 aromatic heterocycles. The van der Waals surface area contributed by atoms with Gasteiger partial charge in [-0.3, -0.25) is 0 Å². The summed E-state index contributed by atoms with van der Waals surface area (Å²) in [4.78, 5) is 0. The molecule has 0 aromatic rings. The van der Waals surface area contributed by atoms with Crippen molar-refractivity contribution in [1.82, 2.24) is 0 Å². The molecule has 0 radical (unpaired) electrons. The zero-order valence-electron chi connectivity index (χ0n) is 12.5. The van der Waals surface area contributed by atoms with Crippen LogP contribution in [0.2, 0.25) is 0 Å². The molecule has 1 aliphatic rings. The maximum atomic E-state index is 11.2. The van der Waals surface area contributed by atoms with Crippen LogP contribution in [0.3, 0.4) is 0 Å². The van der Waals surface area contributed by atoms with E-state index in [1.54, 1.807) is 0 Å². The van der Waals surface area contributed by atoms with Gasteiger partial charge < -0.3 is 4.74 Å². The van der Waals surface area contributed by atoms with E-state index in [0.717, 1.165) is 18.8 Å². The van der Waals surface area contributed by atoms with Crippen LogP contribution < -0.4 is 5.14 Å². The molecule has 0 bridgehead atoms. The van der Waals surface area contributed by atoms with Crippen LogP contribution in [0.15, 0.2) is 0 Å². The van der Waals surface area contributed by atoms with E-state index in [-0.39, 0.29) is 17.6 Å².